The summed E-state index contributed by atoms with van der Waals surface area (Å²) in [4.78, 5) is 1.29. The lowest BCUT2D eigenvalue weighted by Crippen LogP contribution is -3.04. The van der Waals surface area contributed by atoms with Crippen LogP contribution in [0.3, 0.4) is 0 Å². The third-order valence-electron chi connectivity index (χ3n) is 1.98. The normalized spacial score (nSPS) is 9.73. The lowest BCUT2D eigenvalue weighted by molar-refractivity contribution is -0.872. The summed E-state index contributed by atoms with van der Waals surface area (Å²) in [6, 6.07) is 3.21. The van der Waals surface area contributed by atoms with Crippen molar-refractivity contribution in [2.24, 2.45) is 0 Å². The Labute approximate surface area is 92.0 Å². The Bertz CT molecular complexity index is 309. The summed E-state index contributed by atoms with van der Waals surface area (Å²) in [5.41, 5.74) is 2.08. The zero-order valence-corrected chi connectivity index (χ0v) is 10.3. The lowest BCUT2D eigenvalue weighted by atomic mass is 10.1. The highest BCUT2D eigenvalue weighted by Gasteiger charge is 2.07. The van der Waals surface area contributed by atoms with Gasteiger partial charge in [-0.15, -0.1) is 0 Å². The highest BCUT2D eigenvalue weighted by Crippen LogP contribution is 2.27. The van der Waals surface area contributed by atoms with Gasteiger partial charge in [0.2, 0.25) is 0 Å². The van der Waals surface area contributed by atoms with Gasteiger partial charge in [0.25, 0.3) is 0 Å². The number of hydrogen-bond acceptors (Lipinski definition) is 2. The van der Waals surface area contributed by atoms with Crippen LogP contribution in [0.2, 0.25) is 0 Å². The molecule has 0 heterocycles. The fourth-order valence-electron chi connectivity index (χ4n) is 1.30. The molecule has 1 aromatic rings. The zero-order chi connectivity index (χ0) is 12.0. The maximum atomic E-state index is 9.28. The fourth-order valence-corrected chi connectivity index (χ4v) is 1.30. The first-order valence-electron chi connectivity index (χ1n) is 5.31. The van der Waals surface area contributed by atoms with E-state index in [9.17, 15) is 10.2 Å². The smallest absolute Gasteiger partial charge is 0.157 e. The number of phenols is 2. The maximum Gasteiger partial charge on any atom is 0.157 e. The van der Waals surface area contributed by atoms with Crippen molar-refractivity contribution in [3.05, 3.63) is 23.3 Å². The van der Waals surface area contributed by atoms with Crippen LogP contribution in [0, 0.1) is 6.92 Å². The van der Waals surface area contributed by atoms with E-state index in [4.69, 9.17) is 0 Å². The van der Waals surface area contributed by atoms with Crippen molar-refractivity contribution in [1.29, 1.82) is 0 Å². The minimum absolute atomic E-state index is 0.0400. The fraction of sp³-hybridized carbons (Fsp3) is 0.500. The van der Waals surface area contributed by atoms with Crippen LogP contribution in [0.15, 0.2) is 12.1 Å². The third kappa shape index (κ3) is 4.21. The Morgan fingerprint density at radius 1 is 1.07 bits per heavy atom. The van der Waals surface area contributed by atoms with Gasteiger partial charge in [-0.1, -0.05) is 13.8 Å². The molecule has 3 nitrogen and oxygen atoms in total. The number of phenolic OH excluding ortho intramolecular Hbond substituents is 2. The summed E-state index contributed by atoms with van der Waals surface area (Å²) in [7, 11) is 4.09. The molecule has 1 rings (SSSR count). The Balaban J connectivity index is 0.000000921. The second kappa shape index (κ2) is 6.30. The van der Waals surface area contributed by atoms with Crippen LogP contribution in [-0.4, -0.2) is 24.3 Å². The summed E-state index contributed by atoms with van der Waals surface area (Å²) in [5.74, 6) is -0.0862. The minimum atomic E-state index is -0.0463. The number of hydrogen-bond donors (Lipinski definition) is 3. The average molecular weight is 212 g/mol. The molecule has 0 aromatic heterocycles. The van der Waals surface area contributed by atoms with Crippen LogP contribution in [0.5, 0.6) is 11.5 Å². The van der Waals surface area contributed by atoms with Crippen LogP contribution in [0.1, 0.15) is 25.0 Å². The molecular formula is C12H22NO2+. The first-order chi connectivity index (χ1) is 7.00. The monoisotopic (exact) mass is 212 g/mol. The number of nitrogens with one attached hydrogen (secondary N) is 1. The molecule has 3 N–H and O–H groups in total. The van der Waals surface area contributed by atoms with Gasteiger partial charge < -0.3 is 15.1 Å². The van der Waals surface area contributed by atoms with E-state index in [0.29, 0.717) is 0 Å². The molecule has 0 atom stereocenters. The van der Waals surface area contributed by atoms with Crippen molar-refractivity contribution in [3.63, 3.8) is 0 Å². The topological polar surface area (TPSA) is 44.9 Å². The van der Waals surface area contributed by atoms with Crippen LogP contribution in [0.25, 0.3) is 0 Å². The Kier molecular flexibility index (Phi) is 5.79. The maximum absolute atomic E-state index is 9.28. The number of aromatic hydroxyl groups is 2. The summed E-state index contributed by atoms with van der Waals surface area (Å²) >= 11 is 0. The number of quaternary nitrogens is 1. The molecule has 3 heteroatoms. The van der Waals surface area contributed by atoms with Gasteiger partial charge in [0.15, 0.2) is 11.5 Å². The van der Waals surface area contributed by atoms with Crippen LogP contribution in [-0.2, 0) is 6.54 Å². The summed E-state index contributed by atoms with van der Waals surface area (Å²) in [6.07, 6.45) is 0. The summed E-state index contributed by atoms with van der Waals surface area (Å²) in [5, 5.41) is 18.5. The van der Waals surface area contributed by atoms with Gasteiger partial charge in [-0.25, -0.2) is 0 Å². The van der Waals surface area contributed by atoms with Crippen LogP contribution in [0.4, 0.5) is 0 Å². The standard InChI is InChI=1S/C10H15NO2.C2H6/c1-7-4-9(12)10(13)5-8(7)6-11(2)3;1-2/h4-5,12-13H,6H2,1-3H3;1-2H3/p+1. The minimum Gasteiger partial charge on any atom is -0.504 e. The first kappa shape index (κ1) is 13.8. The molecule has 0 amide bonds. The van der Waals surface area contributed by atoms with E-state index >= 15 is 0 Å². The van der Waals surface area contributed by atoms with Crippen molar-refractivity contribution in [1.82, 2.24) is 0 Å². The second-order valence-corrected chi connectivity index (χ2v) is 3.65. The molecule has 86 valence electrons. The quantitative estimate of drug-likeness (QED) is 0.642. The SMILES string of the molecule is CC.Cc1cc(O)c(O)cc1C[NH+](C)C. The van der Waals surface area contributed by atoms with E-state index in [-0.39, 0.29) is 11.5 Å². The first-order valence-corrected chi connectivity index (χ1v) is 5.31. The Hall–Kier alpha value is -1.22. The number of rotatable bonds is 2. The highest BCUT2D eigenvalue weighted by atomic mass is 16.3. The average Bonchev–Trinajstić information content (AvgIpc) is 2.17. The van der Waals surface area contributed by atoms with Crippen molar-refractivity contribution >= 4 is 0 Å². The molecule has 0 unspecified atom stereocenters. The molecule has 0 radical (unpaired) electrons. The molecule has 0 saturated carbocycles. The molecule has 0 saturated heterocycles. The molecule has 0 spiro atoms. The Morgan fingerprint density at radius 3 is 2.00 bits per heavy atom. The van der Waals surface area contributed by atoms with Crippen molar-refractivity contribution in [2.75, 3.05) is 14.1 Å². The van der Waals surface area contributed by atoms with Gasteiger partial charge in [-0.05, 0) is 24.6 Å². The molecule has 0 fully saturated rings. The third-order valence-corrected chi connectivity index (χ3v) is 1.98. The molecule has 0 aliphatic rings. The van der Waals surface area contributed by atoms with Gasteiger partial charge in [0, 0.05) is 5.56 Å². The predicted molar refractivity (Wildman–Crippen MR) is 62.4 cm³/mol. The lowest BCUT2D eigenvalue weighted by Gasteiger charge is -2.10. The molecular weight excluding hydrogens is 190 g/mol. The zero-order valence-electron chi connectivity index (χ0n) is 10.3. The molecule has 1 aromatic carbocycles. The van der Waals surface area contributed by atoms with Crippen LogP contribution < -0.4 is 4.90 Å². The summed E-state index contributed by atoms with van der Waals surface area (Å²) < 4.78 is 0. The molecule has 15 heavy (non-hydrogen) atoms. The van der Waals surface area contributed by atoms with Crippen LogP contribution >= 0.6 is 0 Å². The second-order valence-electron chi connectivity index (χ2n) is 3.65. The van der Waals surface area contributed by atoms with Crippen molar-refractivity contribution in [3.8, 4) is 11.5 Å². The molecule has 0 bridgehead atoms. The number of benzene rings is 1. The van der Waals surface area contributed by atoms with E-state index in [1.165, 1.54) is 4.90 Å². The highest BCUT2D eigenvalue weighted by molar-refractivity contribution is 5.44. The molecule has 0 aliphatic heterocycles. The predicted octanol–water partition coefficient (Wildman–Crippen LogP) is 1.08. The van der Waals surface area contributed by atoms with Gasteiger partial charge in [0.1, 0.15) is 6.54 Å². The number of aryl methyl sites for hydroxylation is 1. The van der Waals surface area contributed by atoms with Crippen molar-refractivity contribution in [2.45, 2.75) is 27.3 Å². The van der Waals surface area contributed by atoms with E-state index in [1.54, 1.807) is 12.1 Å². The Morgan fingerprint density at radius 2 is 1.53 bits per heavy atom. The van der Waals surface area contributed by atoms with Gasteiger partial charge in [-0.2, -0.15) is 0 Å². The van der Waals surface area contributed by atoms with Gasteiger partial charge >= 0.3 is 0 Å². The van der Waals surface area contributed by atoms with Gasteiger partial charge in [0.05, 0.1) is 14.1 Å². The van der Waals surface area contributed by atoms with Crippen molar-refractivity contribution < 1.29 is 15.1 Å². The van der Waals surface area contributed by atoms with E-state index in [1.807, 2.05) is 34.9 Å². The molecule has 0 aliphatic carbocycles. The van der Waals surface area contributed by atoms with E-state index in [2.05, 4.69) is 0 Å². The van der Waals surface area contributed by atoms with E-state index in [0.717, 1.165) is 17.7 Å². The van der Waals surface area contributed by atoms with E-state index < -0.39 is 0 Å². The largest absolute Gasteiger partial charge is 0.504 e. The van der Waals surface area contributed by atoms with Gasteiger partial charge in [-0.3, -0.25) is 0 Å². The summed E-state index contributed by atoms with van der Waals surface area (Å²) in [6.45, 7) is 6.77.